The van der Waals surface area contributed by atoms with Crippen LogP contribution in [0.1, 0.15) is 37.9 Å². The number of thiophene rings is 1. The average molecular weight is 481 g/mol. The minimum absolute atomic E-state index is 0.0172. The van der Waals surface area contributed by atoms with Crippen LogP contribution < -0.4 is 15.5 Å². The number of nitrogens with one attached hydrogen (secondary N) is 2. The normalized spacial score (nSPS) is 20.2. The van der Waals surface area contributed by atoms with Crippen LogP contribution in [0.5, 0.6) is 0 Å². The zero-order valence-electron chi connectivity index (χ0n) is 20.0. The fourth-order valence-corrected chi connectivity index (χ4v) is 5.38. The molecule has 9 heteroatoms. The van der Waals surface area contributed by atoms with Crippen molar-refractivity contribution in [1.82, 2.24) is 20.2 Å². The molecule has 0 saturated carbocycles. The molecule has 2 saturated heterocycles. The van der Waals surface area contributed by atoms with Gasteiger partial charge < -0.3 is 15.4 Å². The number of fused-ring (bicyclic) bond motifs is 1. The van der Waals surface area contributed by atoms with Gasteiger partial charge in [-0.05, 0) is 35.4 Å². The minimum Gasteiger partial charge on any atom is -0.447 e. The van der Waals surface area contributed by atoms with Crippen LogP contribution >= 0.6 is 11.3 Å². The molecule has 34 heavy (non-hydrogen) atoms. The third-order valence-electron chi connectivity index (χ3n) is 6.63. The molecule has 0 radical (unpaired) electrons. The van der Waals surface area contributed by atoms with Gasteiger partial charge in [-0.1, -0.05) is 38.1 Å². The Labute approximate surface area is 204 Å². The van der Waals surface area contributed by atoms with Crippen LogP contribution in [0.3, 0.4) is 0 Å². The van der Waals surface area contributed by atoms with Gasteiger partial charge in [0.15, 0.2) is 5.82 Å². The lowest BCUT2D eigenvalue weighted by Gasteiger charge is -2.27. The smallest absolute Gasteiger partial charge is 0.415 e. The van der Waals surface area contributed by atoms with Gasteiger partial charge in [0, 0.05) is 32.7 Å². The maximum Gasteiger partial charge on any atom is 0.415 e. The molecular weight excluding hydrogens is 448 g/mol. The molecule has 2 aliphatic heterocycles. The molecule has 1 aromatic carbocycles. The monoisotopic (exact) mass is 480 g/mol. The summed E-state index contributed by atoms with van der Waals surface area (Å²) in [6.07, 6.45) is -0.342. The summed E-state index contributed by atoms with van der Waals surface area (Å²) >= 11 is 1.55. The van der Waals surface area contributed by atoms with Crippen molar-refractivity contribution in [3.8, 4) is 0 Å². The molecule has 4 heterocycles. The van der Waals surface area contributed by atoms with E-state index in [1.807, 2.05) is 11.4 Å². The van der Waals surface area contributed by atoms with Crippen molar-refractivity contribution in [3.63, 3.8) is 0 Å². The first-order valence-electron chi connectivity index (χ1n) is 12.0. The van der Waals surface area contributed by atoms with Gasteiger partial charge in [0.25, 0.3) is 0 Å². The Morgan fingerprint density at radius 1 is 1.15 bits per heavy atom. The van der Waals surface area contributed by atoms with Crippen LogP contribution in [-0.2, 0) is 11.3 Å². The van der Waals surface area contributed by atoms with Gasteiger partial charge in [0.2, 0.25) is 5.95 Å². The minimum atomic E-state index is -0.342. The molecule has 2 aliphatic rings. The highest BCUT2D eigenvalue weighted by molar-refractivity contribution is 7.17. The maximum absolute atomic E-state index is 12.6. The van der Waals surface area contributed by atoms with Gasteiger partial charge >= 0.3 is 6.09 Å². The summed E-state index contributed by atoms with van der Waals surface area (Å²) in [6, 6.07) is 10.7. The number of piperazine rings is 1. The van der Waals surface area contributed by atoms with E-state index in [-0.39, 0.29) is 24.1 Å². The lowest BCUT2D eigenvalue weighted by atomic mass is 10.0. The SMILES string of the molecule is CC(Nc1nc(N2C(=O)OC[C@@H]2C(C)C)c2sccc2n1)c1ccc(CN2CCNCC2)cc1. The Morgan fingerprint density at radius 3 is 2.65 bits per heavy atom. The number of benzene rings is 1. The van der Waals surface area contributed by atoms with Crippen molar-refractivity contribution in [3.05, 3.63) is 46.8 Å². The van der Waals surface area contributed by atoms with Crippen LogP contribution in [0.2, 0.25) is 0 Å². The van der Waals surface area contributed by atoms with Crippen molar-refractivity contribution in [2.24, 2.45) is 5.92 Å². The number of carbonyl (C=O) groups excluding carboxylic acids is 1. The van der Waals surface area contributed by atoms with Crippen LogP contribution in [0.15, 0.2) is 35.7 Å². The van der Waals surface area contributed by atoms with Crippen LogP contribution in [0.25, 0.3) is 10.2 Å². The van der Waals surface area contributed by atoms with E-state index >= 15 is 0 Å². The highest BCUT2D eigenvalue weighted by Gasteiger charge is 2.38. The number of aromatic nitrogens is 2. The fraction of sp³-hybridized carbons (Fsp3) is 0.480. The molecule has 2 aromatic heterocycles. The molecule has 0 bridgehead atoms. The predicted molar refractivity (Wildman–Crippen MR) is 136 cm³/mol. The van der Waals surface area contributed by atoms with Crippen molar-refractivity contribution in [2.45, 2.75) is 39.4 Å². The molecule has 1 unspecified atom stereocenters. The molecule has 180 valence electrons. The van der Waals surface area contributed by atoms with Crippen LogP contribution in [-0.4, -0.2) is 59.8 Å². The Balaban J connectivity index is 1.35. The van der Waals surface area contributed by atoms with E-state index in [0.717, 1.165) is 42.9 Å². The van der Waals surface area contributed by atoms with Crippen molar-refractivity contribution < 1.29 is 9.53 Å². The topological polar surface area (TPSA) is 82.6 Å². The van der Waals surface area contributed by atoms with Gasteiger partial charge in [-0.25, -0.2) is 9.78 Å². The first-order chi connectivity index (χ1) is 16.5. The van der Waals surface area contributed by atoms with E-state index < -0.39 is 0 Å². The number of ether oxygens (including phenoxy) is 1. The number of hydrogen-bond acceptors (Lipinski definition) is 8. The zero-order valence-corrected chi connectivity index (χ0v) is 20.8. The number of anilines is 2. The van der Waals surface area contributed by atoms with Gasteiger partial charge in [-0.15, -0.1) is 11.3 Å². The number of rotatable bonds is 7. The molecule has 3 aromatic rings. The molecular formula is C25H32N6O2S. The quantitative estimate of drug-likeness (QED) is 0.523. The number of amides is 1. The summed E-state index contributed by atoms with van der Waals surface area (Å²) in [5, 5.41) is 8.83. The Morgan fingerprint density at radius 2 is 1.91 bits per heavy atom. The second-order valence-corrected chi connectivity index (χ2v) is 10.3. The molecule has 8 nitrogen and oxygen atoms in total. The second-order valence-electron chi connectivity index (χ2n) is 9.40. The van der Waals surface area contributed by atoms with Gasteiger partial charge in [0.1, 0.15) is 6.61 Å². The first kappa shape index (κ1) is 23.0. The lowest BCUT2D eigenvalue weighted by Crippen LogP contribution is -2.42. The summed E-state index contributed by atoms with van der Waals surface area (Å²) in [7, 11) is 0. The molecule has 2 N–H and O–H groups in total. The summed E-state index contributed by atoms with van der Waals surface area (Å²) in [5.41, 5.74) is 3.32. The third-order valence-corrected chi connectivity index (χ3v) is 7.53. The average Bonchev–Trinajstić information content (AvgIpc) is 3.46. The zero-order chi connectivity index (χ0) is 23.7. The molecule has 0 spiro atoms. The highest BCUT2D eigenvalue weighted by atomic mass is 32.1. The second kappa shape index (κ2) is 9.85. The number of nitrogens with zero attached hydrogens (tertiary/aromatic N) is 4. The van der Waals surface area contributed by atoms with Crippen molar-refractivity contribution in [2.75, 3.05) is 43.0 Å². The highest BCUT2D eigenvalue weighted by Crippen LogP contribution is 2.35. The van der Waals surface area contributed by atoms with Gasteiger partial charge in [-0.2, -0.15) is 4.98 Å². The van der Waals surface area contributed by atoms with E-state index in [4.69, 9.17) is 14.7 Å². The molecule has 0 aliphatic carbocycles. The van der Waals surface area contributed by atoms with Crippen LogP contribution in [0, 0.1) is 5.92 Å². The van der Waals surface area contributed by atoms with E-state index in [2.05, 4.69) is 60.6 Å². The van der Waals surface area contributed by atoms with E-state index in [9.17, 15) is 4.79 Å². The molecule has 5 rings (SSSR count). The predicted octanol–water partition coefficient (Wildman–Crippen LogP) is 4.25. The standard InChI is InChI=1S/C25H32N6O2S/c1-16(2)21-15-33-25(32)31(21)23-22-20(8-13-34-22)28-24(29-23)27-17(3)19-6-4-18(5-7-19)14-30-11-9-26-10-12-30/h4-8,13,16-17,21,26H,9-12,14-15H2,1-3H3,(H,27,28,29)/t17?,21-/m1/s1. The first-order valence-corrected chi connectivity index (χ1v) is 12.9. The van der Waals surface area contributed by atoms with Gasteiger partial charge in [-0.3, -0.25) is 9.80 Å². The Hall–Kier alpha value is -2.75. The van der Waals surface area contributed by atoms with Crippen molar-refractivity contribution in [1.29, 1.82) is 0 Å². The summed E-state index contributed by atoms with van der Waals surface area (Å²) < 4.78 is 6.28. The summed E-state index contributed by atoms with van der Waals surface area (Å²) in [6.45, 7) is 12.0. The van der Waals surface area contributed by atoms with Crippen LogP contribution in [0.4, 0.5) is 16.6 Å². The molecule has 2 atom stereocenters. The fourth-order valence-electron chi connectivity index (χ4n) is 4.56. The Bertz CT molecular complexity index is 1140. The van der Waals surface area contributed by atoms with Crippen molar-refractivity contribution >= 4 is 39.4 Å². The summed E-state index contributed by atoms with van der Waals surface area (Å²) in [4.78, 5) is 26.3. The van der Waals surface area contributed by atoms with E-state index in [1.54, 1.807) is 16.2 Å². The lowest BCUT2D eigenvalue weighted by molar-refractivity contribution is 0.177. The van der Waals surface area contributed by atoms with E-state index in [1.165, 1.54) is 11.1 Å². The number of carbonyl (C=O) groups is 1. The summed E-state index contributed by atoms with van der Waals surface area (Å²) in [5.74, 6) is 1.40. The van der Waals surface area contributed by atoms with Gasteiger partial charge in [0.05, 0.1) is 22.3 Å². The Kier molecular flexibility index (Phi) is 6.67. The largest absolute Gasteiger partial charge is 0.447 e. The molecule has 1 amide bonds. The van der Waals surface area contributed by atoms with E-state index in [0.29, 0.717) is 18.4 Å². The number of hydrogen-bond donors (Lipinski definition) is 2. The number of cyclic esters (lactones) is 1. The third kappa shape index (κ3) is 4.73. The molecule has 2 fully saturated rings. The maximum atomic E-state index is 12.6.